The van der Waals surface area contributed by atoms with Gasteiger partial charge in [-0.15, -0.1) is 0 Å². The SMILES string of the molecule is O=C(N[C@H]1CC[C@H]2CN[C@H](C(=O)O)C[C@H]2C1)c1ccc(Cl)cc1CS. The maximum absolute atomic E-state index is 12.6. The minimum Gasteiger partial charge on any atom is -0.480 e. The highest BCUT2D eigenvalue weighted by molar-refractivity contribution is 7.79. The number of halogens is 1. The molecule has 1 aliphatic carbocycles. The van der Waals surface area contributed by atoms with Gasteiger partial charge < -0.3 is 15.7 Å². The molecule has 2 fully saturated rings. The van der Waals surface area contributed by atoms with E-state index in [1.54, 1.807) is 18.2 Å². The van der Waals surface area contributed by atoms with Crippen LogP contribution in [0.15, 0.2) is 18.2 Å². The van der Waals surface area contributed by atoms with Crippen LogP contribution in [0.25, 0.3) is 0 Å². The van der Waals surface area contributed by atoms with E-state index in [0.29, 0.717) is 34.6 Å². The Morgan fingerprint density at radius 3 is 2.80 bits per heavy atom. The van der Waals surface area contributed by atoms with Crippen LogP contribution in [0.1, 0.15) is 41.6 Å². The summed E-state index contributed by atoms with van der Waals surface area (Å²) in [7, 11) is 0. The van der Waals surface area contributed by atoms with Crippen LogP contribution in [0.2, 0.25) is 5.02 Å². The van der Waals surface area contributed by atoms with Crippen molar-refractivity contribution in [2.75, 3.05) is 6.54 Å². The molecule has 5 nitrogen and oxygen atoms in total. The average molecular weight is 383 g/mol. The van der Waals surface area contributed by atoms with Crippen molar-refractivity contribution >= 4 is 36.1 Å². The molecule has 0 spiro atoms. The first kappa shape index (κ1) is 18.5. The lowest BCUT2D eigenvalue weighted by Gasteiger charge is -2.41. The van der Waals surface area contributed by atoms with E-state index in [9.17, 15) is 14.7 Å². The van der Waals surface area contributed by atoms with Crippen LogP contribution in [0.4, 0.5) is 0 Å². The van der Waals surface area contributed by atoms with Crippen LogP contribution in [-0.2, 0) is 10.5 Å². The molecule has 4 atom stereocenters. The molecule has 25 heavy (non-hydrogen) atoms. The summed E-state index contributed by atoms with van der Waals surface area (Å²) in [6.45, 7) is 0.753. The third-order valence-electron chi connectivity index (χ3n) is 5.42. The van der Waals surface area contributed by atoms with Gasteiger partial charge in [0, 0.05) is 22.4 Å². The lowest BCUT2D eigenvalue weighted by Crippen LogP contribution is -2.52. The van der Waals surface area contributed by atoms with Crippen molar-refractivity contribution in [1.82, 2.24) is 10.6 Å². The molecule has 7 heteroatoms. The quantitative estimate of drug-likeness (QED) is 0.604. The van der Waals surface area contributed by atoms with E-state index in [1.807, 2.05) is 0 Å². The van der Waals surface area contributed by atoms with Crippen LogP contribution in [0.5, 0.6) is 0 Å². The molecule has 1 amide bonds. The summed E-state index contributed by atoms with van der Waals surface area (Å²) in [5, 5.41) is 16.0. The third kappa shape index (κ3) is 4.30. The van der Waals surface area contributed by atoms with Gasteiger partial charge in [0.15, 0.2) is 0 Å². The summed E-state index contributed by atoms with van der Waals surface area (Å²) in [6.07, 6.45) is 3.41. The Kier molecular flexibility index (Phi) is 5.92. The number of carbonyl (C=O) groups is 2. The fourth-order valence-electron chi connectivity index (χ4n) is 4.06. The molecule has 1 aromatic rings. The maximum Gasteiger partial charge on any atom is 0.320 e. The zero-order valence-electron chi connectivity index (χ0n) is 13.9. The van der Waals surface area contributed by atoms with Gasteiger partial charge in [0.1, 0.15) is 6.04 Å². The highest BCUT2D eigenvalue weighted by atomic mass is 35.5. The van der Waals surface area contributed by atoms with E-state index < -0.39 is 12.0 Å². The Bertz CT molecular complexity index is 670. The molecule has 1 aliphatic heterocycles. The molecule has 1 heterocycles. The van der Waals surface area contributed by atoms with E-state index in [2.05, 4.69) is 23.3 Å². The predicted octanol–water partition coefficient (Wildman–Crippen LogP) is 2.73. The van der Waals surface area contributed by atoms with Gasteiger partial charge in [-0.25, -0.2) is 0 Å². The van der Waals surface area contributed by atoms with Crippen LogP contribution in [0, 0.1) is 11.8 Å². The standard InChI is InChI=1S/C18H23ClN2O3S/c19-13-2-4-15(12(5-13)9-25)17(22)21-14-3-1-10-8-20-16(18(23)24)7-11(10)6-14/h2,4-5,10-11,14,16,20,25H,1,3,6-9H2,(H,21,22)(H,23,24)/t10-,11+,14-,16-/m0/s1. The van der Waals surface area contributed by atoms with Gasteiger partial charge in [-0.3, -0.25) is 9.59 Å². The molecule has 3 rings (SSSR count). The molecule has 0 radical (unpaired) electrons. The molecule has 0 unspecified atom stereocenters. The Morgan fingerprint density at radius 1 is 1.28 bits per heavy atom. The number of amides is 1. The predicted molar refractivity (Wildman–Crippen MR) is 100 cm³/mol. The zero-order chi connectivity index (χ0) is 18.0. The van der Waals surface area contributed by atoms with Gasteiger partial charge in [-0.2, -0.15) is 12.6 Å². The highest BCUT2D eigenvalue weighted by Crippen LogP contribution is 2.36. The molecule has 0 bridgehead atoms. The second-order valence-corrected chi connectivity index (χ2v) is 7.75. The molecule has 2 aliphatic rings. The molecule has 1 saturated heterocycles. The third-order valence-corrected chi connectivity index (χ3v) is 6.00. The Balaban J connectivity index is 1.64. The number of fused-ring (bicyclic) bond motifs is 1. The summed E-state index contributed by atoms with van der Waals surface area (Å²) < 4.78 is 0. The smallest absolute Gasteiger partial charge is 0.320 e. The summed E-state index contributed by atoms with van der Waals surface area (Å²) in [6, 6.07) is 4.84. The van der Waals surface area contributed by atoms with Gasteiger partial charge in [0.25, 0.3) is 5.91 Å². The lowest BCUT2D eigenvalue weighted by atomic mass is 9.72. The zero-order valence-corrected chi connectivity index (χ0v) is 15.5. The van der Waals surface area contributed by atoms with E-state index in [0.717, 1.165) is 31.4 Å². The van der Waals surface area contributed by atoms with E-state index in [1.165, 1.54) is 0 Å². The molecule has 1 aromatic carbocycles. The molecule has 136 valence electrons. The second-order valence-electron chi connectivity index (χ2n) is 7.00. The number of carbonyl (C=O) groups excluding carboxylic acids is 1. The minimum atomic E-state index is -0.788. The van der Waals surface area contributed by atoms with E-state index >= 15 is 0 Å². The molecule has 3 N–H and O–H groups in total. The van der Waals surface area contributed by atoms with Crippen LogP contribution < -0.4 is 10.6 Å². The Morgan fingerprint density at radius 2 is 2.08 bits per heavy atom. The van der Waals surface area contributed by atoms with Crippen molar-refractivity contribution < 1.29 is 14.7 Å². The van der Waals surface area contributed by atoms with Gasteiger partial charge >= 0.3 is 5.97 Å². The van der Waals surface area contributed by atoms with Gasteiger partial charge in [0.05, 0.1) is 0 Å². The number of aliphatic carboxylic acids is 1. The van der Waals surface area contributed by atoms with Crippen LogP contribution in [-0.4, -0.2) is 35.6 Å². The number of hydrogen-bond donors (Lipinski definition) is 4. The van der Waals surface area contributed by atoms with Crippen molar-refractivity contribution in [2.45, 2.75) is 43.5 Å². The monoisotopic (exact) mass is 382 g/mol. The van der Waals surface area contributed by atoms with Crippen molar-refractivity contribution in [3.05, 3.63) is 34.3 Å². The lowest BCUT2D eigenvalue weighted by molar-refractivity contribution is -0.141. The first-order chi connectivity index (χ1) is 12.0. The number of carboxylic acid groups (broad SMARTS) is 1. The highest BCUT2D eigenvalue weighted by Gasteiger charge is 2.38. The number of piperidine rings is 1. The molecular weight excluding hydrogens is 360 g/mol. The van der Waals surface area contributed by atoms with Crippen molar-refractivity contribution in [3.63, 3.8) is 0 Å². The molecule has 1 saturated carbocycles. The first-order valence-electron chi connectivity index (χ1n) is 8.64. The second kappa shape index (κ2) is 7.98. The number of hydrogen-bond acceptors (Lipinski definition) is 4. The fraction of sp³-hybridized carbons (Fsp3) is 0.556. The van der Waals surface area contributed by atoms with Crippen LogP contribution in [0.3, 0.4) is 0 Å². The summed E-state index contributed by atoms with van der Waals surface area (Å²) in [5.74, 6) is 0.408. The van der Waals surface area contributed by atoms with E-state index in [-0.39, 0.29) is 11.9 Å². The van der Waals surface area contributed by atoms with E-state index in [4.69, 9.17) is 11.6 Å². The first-order valence-corrected chi connectivity index (χ1v) is 9.65. The largest absolute Gasteiger partial charge is 0.480 e. The molecular formula is C18H23ClN2O3S. The average Bonchev–Trinajstić information content (AvgIpc) is 2.60. The van der Waals surface area contributed by atoms with Crippen molar-refractivity contribution in [1.29, 1.82) is 0 Å². The maximum atomic E-state index is 12.6. The van der Waals surface area contributed by atoms with Crippen LogP contribution >= 0.6 is 24.2 Å². The summed E-state index contributed by atoms with van der Waals surface area (Å²) >= 11 is 10.3. The topological polar surface area (TPSA) is 78.4 Å². The van der Waals surface area contributed by atoms with Gasteiger partial charge in [-0.1, -0.05) is 11.6 Å². The summed E-state index contributed by atoms with van der Waals surface area (Å²) in [5.41, 5.74) is 1.42. The minimum absolute atomic E-state index is 0.0877. The van der Waals surface area contributed by atoms with Gasteiger partial charge in [-0.05, 0) is 67.8 Å². The Labute approximate surface area is 157 Å². The number of nitrogens with one attached hydrogen (secondary N) is 2. The van der Waals surface area contributed by atoms with Gasteiger partial charge in [0.2, 0.25) is 0 Å². The summed E-state index contributed by atoms with van der Waals surface area (Å²) in [4.78, 5) is 23.9. The number of thiol groups is 1. The van der Waals surface area contributed by atoms with Crippen molar-refractivity contribution in [3.8, 4) is 0 Å². The Hall–Kier alpha value is -1.24. The fourth-order valence-corrected chi connectivity index (χ4v) is 4.52. The number of carboxylic acids is 1. The number of rotatable bonds is 4. The normalized spacial score (nSPS) is 28.9. The van der Waals surface area contributed by atoms with Crippen molar-refractivity contribution in [2.24, 2.45) is 11.8 Å². The number of benzene rings is 1. The molecule has 0 aromatic heterocycles.